The van der Waals surface area contributed by atoms with Crippen LogP contribution in [0.25, 0.3) is 10.8 Å². The molecule has 0 radical (unpaired) electrons. The van der Waals surface area contributed by atoms with Crippen LogP contribution in [0.4, 0.5) is 0 Å². The fourth-order valence-electron chi connectivity index (χ4n) is 3.20. The lowest BCUT2D eigenvalue weighted by atomic mass is 10.0. The molecule has 2 aromatic carbocycles. The molecule has 1 aliphatic heterocycles. The average molecular weight is 268 g/mol. The van der Waals surface area contributed by atoms with Gasteiger partial charge in [0.05, 0.1) is 0 Å². The molecule has 0 bridgehead atoms. The van der Waals surface area contributed by atoms with Crippen molar-refractivity contribution in [3.05, 3.63) is 48.0 Å². The predicted molar refractivity (Wildman–Crippen MR) is 85.9 cm³/mol. The van der Waals surface area contributed by atoms with E-state index in [9.17, 15) is 0 Å². The van der Waals surface area contributed by atoms with Gasteiger partial charge < -0.3 is 10.6 Å². The second kappa shape index (κ2) is 6.38. The molecule has 20 heavy (non-hydrogen) atoms. The third kappa shape index (κ3) is 3.20. The van der Waals surface area contributed by atoms with Crippen LogP contribution in [0, 0.1) is 0 Å². The van der Waals surface area contributed by atoms with Crippen LogP contribution in [0.2, 0.25) is 0 Å². The highest BCUT2D eigenvalue weighted by Crippen LogP contribution is 2.18. The average Bonchev–Trinajstić information content (AvgIpc) is 2.98. The Hall–Kier alpha value is -1.38. The van der Waals surface area contributed by atoms with E-state index in [0.29, 0.717) is 12.1 Å². The highest BCUT2D eigenvalue weighted by molar-refractivity contribution is 5.85. The number of rotatable bonds is 5. The number of benzene rings is 2. The largest absolute Gasteiger partial charge is 0.314 e. The summed E-state index contributed by atoms with van der Waals surface area (Å²) in [5.41, 5.74) is 1.40. The van der Waals surface area contributed by atoms with E-state index in [1.807, 2.05) is 0 Å². The maximum absolute atomic E-state index is 3.68. The zero-order valence-corrected chi connectivity index (χ0v) is 12.2. The van der Waals surface area contributed by atoms with Gasteiger partial charge in [-0.25, -0.2) is 0 Å². The molecule has 1 aliphatic rings. The molecule has 2 unspecified atom stereocenters. The molecule has 1 fully saturated rings. The Bertz CT molecular complexity index is 553. The van der Waals surface area contributed by atoms with Gasteiger partial charge in [-0.15, -0.1) is 0 Å². The molecular weight excluding hydrogens is 244 g/mol. The Morgan fingerprint density at radius 1 is 1.20 bits per heavy atom. The molecule has 106 valence electrons. The van der Waals surface area contributed by atoms with Gasteiger partial charge in [0.2, 0.25) is 0 Å². The van der Waals surface area contributed by atoms with E-state index in [4.69, 9.17) is 0 Å². The lowest BCUT2D eigenvalue weighted by molar-refractivity contribution is 0.440. The van der Waals surface area contributed by atoms with E-state index in [-0.39, 0.29) is 0 Å². The first-order valence-electron chi connectivity index (χ1n) is 7.76. The molecule has 2 atom stereocenters. The molecule has 0 amide bonds. The molecule has 2 aromatic rings. The SMILES string of the molecule is CC(CC1CCCN1)NCc1cccc2ccccc12. The molecule has 2 nitrogen and oxygen atoms in total. The van der Waals surface area contributed by atoms with E-state index < -0.39 is 0 Å². The highest BCUT2D eigenvalue weighted by Gasteiger charge is 2.16. The van der Waals surface area contributed by atoms with Gasteiger partial charge in [0.15, 0.2) is 0 Å². The van der Waals surface area contributed by atoms with Gasteiger partial charge in [0.25, 0.3) is 0 Å². The molecule has 2 N–H and O–H groups in total. The van der Waals surface area contributed by atoms with Gasteiger partial charge in [-0.2, -0.15) is 0 Å². The third-order valence-corrected chi connectivity index (χ3v) is 4.32. The standard InChI is InChI=1S/C18H24N2/c1-14(12-17-9-5-11-19-17)20-13-16-8-4-7-15-6-2-3-10-18(15)16/h2-4,6-8,10,14,17,19-20H,5,9,11-13H2,1H3. The number of hydrogen-bond donors (Lipinski definition) is 2. The quantitative estimate of drug-likeness (QED) is 0.868. The van der Waals surface area contributed by atoms with Crippen molar-refractivity contribution in [2.24, 2.45) is 0 Å². The number of hydrogen-bond acceptors (Lipinski definition) is 2. The van der Waals surface area contributed by atoms with Gasteiger partial charge in [0.1, 0.15) is 0 Å². The van der Waals surface area contributed by atoms with Gasteiger partial charge in [-0.05, 0) is 49.1 Å². The lowest BCUT2D eigenvalue weighted by Gasteiger charge is -2.19. The van der Waals surface area contributed by atoms with Crippen molar-refractivity contribution in [1.82, 2.24) is 10.6 Å². The normalized spacial score (nSPS) is 20.4. The zero-order valence-electron chi connectivity index (χ0n) is 12.2. The van der Waals surface area contributed by atoms with Gasteiger partial charge in [0, 0.05) is 18.6 Å². The summed E-state index contributed by atoms with van der Waals surface area (Å²) in [6.45, 7) is 4.45. The maximum atomic E-state index is 3.68. The van der Waals surface area contributed by atoms with Crippen LogP contribution in [0.1, 0.15) is 31.7 Å². The Balaban J connectivity index is 1.61. The minimum Gasteiger partial charge on any atom is -0.314 e. The first-order valence-corrected chi connectivity index (χ1v) is 7.76. The molecular formula is C18H24N2. The Labute approximate surface area is 121 Å². The lowest BCUT2D eigenvalue weighted by Crippen LogP contribution is -2.33. The molecule has 0 saturated carbocycles. The van der Waals surface area contributed by atoms with Crippen LogP contribution in [-0.2, 0) is 6.54 Å². The third-order valence-electron chi connectivity index (χ3n) is 4.32. The summed E-state index contributed by atoms with van der Waals surface area (Å²) in [5, 5.41) is 9.95. The Morgan fingerprint density at radius 3 is 2.90 bits per heavy atom. The Kier molecular flexibility index (Phi) is 4.34. The monoisotopic (exact) mass is 268 g/mol. The minimum absolute atomic E-state index is 0.560. The van der Waals surface area contributed by atoms with Crippen LogP contribution >= 0.6 is 0 Å². The van der Waals surface area contributed by atoms with Crippen molar-refractivity contribution in [2.75, 3.05) is 6.54 Å². The number of fused-ring (bicyclic) bond motifs is 1. The molecule has 1 saturated heterocycles. The van der Waals surface area contributed by atoms with Crippen molar-refractivity contribution in [1.29, 1.82) is 0 Å². The first-order chi connectivity index (χ1) is 9.83. The second-order valence-electron chi connectivity index (χ2n) is 5.95. The smallest absolute Gasteiger partial charge is 0.0214 e. The fraction of sp³-hybridized carbons (Fsp3) is 0.444. The van der Waals surface area contributed by atoms with Crippen molar-refractivity contribution < 1.29 is 0 Å². The van der Waals surface area contributed by atoms with Crippen LogP contribution in [0.5, 0.6) is 0 Å². The second-order valence-corrected chi connectivity index (χ2v) is 5.95. The molecule has 0 aliphatic carbocycles. The molecule has 2 heteroatoms. The van der Waals surface area contributed by atoms with Crippen molar-refractivity contribution >= 4 is 10.8 Å². The van der Waals surface area contributed by atoms with Crippen LogP contribution in [-0.4, -0.2) is 18.6 Å². The van der Waals surface area contributed by atoms with Crippen LogP contribution in [0.3, 0.4) is 0 Å². The van der Waals surface area contributed by atoms with Gasteiger partial charge in [-0.3, -0.25) is 0 Å². The summed E-state index contributed by atoms with van der Waals surface area (Å²) in [6.07, 6.45) is 3.89. The number of nitrogens with one attached hydrogen (secondary N) is 2. The molecule has 0 aromatic heterocycles. The van der Waals surface area contributed by atoms with Gasteiger partial charge >= 0.3 is 0 Å². The summed E-state index contributed by atoms with van der Waals surface area (Å²) in [4.78, 5) is 0. The Morgan fingerprint density at radius 2 is 2.05 bits per heavy atom. The highest BCUT2D eigenvalue weighted by atomic mass is 15.0. The van der Waals surface area contributed by atoms with Crippen LogP contribution < -0.4 is 10.6 Å². The summed E-state index contributed by atoms with van der Waals surface area (Å²) in [6, 6.07) is 16.5. The van der Waals surface area contributed by atoms with Crippen molar-refractivity contribution in [3.8, 4) is 0 Å². The summed E-state index contributed by atoms with van der Waals surface area (Å²) in [5.74, 6) is 0. The zero-order chi connectivity index (χ0) is 13.8. The van der Waals surface area contributed by atoms with Crippen LogP contribution in [0.15, 0.2) is 42.5 Å². The van der Waals surface area contributed by atoms with E-state index in [0.717, 1.165) is 6.54 Å². The van der Waals surface area contributed by atoms with Gasteiger partial charge in [-0.1, -0.05) is 42.5 Å². The van der Waals surface area contributed by atoms with Crippen molar-refractivity contribution in [3.63, 3.8) is 0 Å². The summed E-state index contributed by atoms with van der Waals surface area (Å²) in [7, 11) is 0. The van der Waals surface area contributed by atoms with Crippen molar-refractivity contribution in [2.45, 2.75) is 44.8 Å². The first kappa shape index (κ1) is 13.6. The fourth-order valence-corrected chi connectivity index (χ4v) is 3.20. The maximum Gasteiger partial charge on any atom is 0.0214 e. The molecule has 3 rings (SSSR count). The summed E-state index contributed by atoms with van der Waals surface area (Å²) < 4.78 is 0. The summed E-state index contributed by atoms with van der Waals surface area (Å²) >= 11 is 0. The topological polar surface area (TPSA) is 24.1 Å². The van der Waals surface area contributed by atoms with E-state index in [1.54, 1.807) is 0 Å². The predicted octanol–water partition coefficient (Wildman–Crippen LogP) is 3.46. The van der Waals surface area contributed by atoms with E-state index in [2.05, 4.69) is 60.0 Å². The molecule has 0 spiro atoms. The van der Waals surface area contributed by atoms with E-state index in [1.165, 1.54) is 42.1 Å². The molecule has 1 heterocycles. The van der Waals surface area contributed by atoms with E-state index >= 15 is 0 Å². The minimum atomic E-state index is 0.560.